The fraction of sp³-hybridized carbons (Fsp3) is 0.360. The van der Waals surface area contributed by atoms with Crippen LogP contribution in [-0.2, 0) is 7.05 Å². The Balaban J connectivity index is 1.25. The van der Waals surface area contributed by atoms with Gasteiger partial charge in [-0.2, -0.15) is 4.98 Å². The molecule has 1 N–H and O–H groups in total. The molecule has 0 radical (unpaired) electrons. The summed E-state index contributed by atoms with van der Waals surface area (Å²) < 4.78 is 3.30. The van der Waals surface area contributed by atoms with Crippen LogP contribution in [0.5, 0.6) is 0 Å². The summed E-state index contributed by atoms with van der Waals surface area (Å²) in [6.45, 7) is 2.19. The molecule has 0 bridgehead atoms. The number of fused-ring (bicyclic) bond motifs is 2. The molecule has 0 saturated heterocycles. The van der Waals surface area contributed by atoms with Crippen molar-refractivity contribution in [3.8, 4) is 11.8 Å². The van der Waals surface area contributed by atoms with Gasteiger partial charge in [-0.3, -0.25) is 24.2 Å². The molecule has 4 aromatic rings. The van der Waals surface area contributed by atoms with Gasteiger partial charge in [0.15, 0.2) is 5.65 Å². The molecule has 1 saturated carbocycles. The van der Waals surface area contributed by atoms with Gasteiger partial charge >= 0.3 is 5.69 Å². The number of hydrogen-bond acceptors (Lipinski definition) is 7. The molecule has 0 amide bonds. The van der Waals surface area contributed by atoms with Crippen molar-refractivity contribution in [3.63, 3.8) is 0 Å². The monoisotopic (exact) mass is 505 g/mol. The zero-order valence-electron chi connectivity index (χ0n) is 19.9. The molecule has 0 unspecified atom stereocenters. The molecule has 1 aromatic carbocycles. The van der Waals surface area contributed by atoms with Crippen LogP contribution in [0.1, 0.15) is 42.9 Å². The first kappa shape index (κ1) is 23.9. The Hall–Kier alpha value is -3.81. The Morgan fingerprint density at radius 2 is 2.03 bits per heavy atom. The molecule has 11 heteroatoms. The maximum absolute atomic E-state index is 12.8. The highest BCUT2D eigenvalue weighted by atomic mass is 35.5. The second-order valence-electron chi connectivity index (χ2n) is 9.02. The van der Waals surface area contributed by atoms with E-state index in [9.17, 15) is 14.9 Å². The van der Waals surface area contributed by atoms with Gasteiger partial charge in [0, 0.05) is 47.9 Å². The molecule has 1 aliphatic rings. The summed E-state index contributed by atoms with van der Waals surface area (Å²) >= 11 is 5.99. The van der Waals surface area contributed by atoms with Gasteiger partial charge in [-0.25, -0.2) is 9.78 Å². The van der Waals surface area contributed by atoms with Gasteiger partial charge in [-0.1, -0.05) is 11.8 Å². The van der Waals surface area contributed by atoms with Gasteiger partial charge in [0.05, 0.1) is 23.2 Å². The number of nitrogens with zero attached hydrogens (tertiary/aromatic N) is 6. The number of nitrogens with one attached hydrogen (secondary N) is 1. The van der Waals surface area contributed by atoms with E-state index in [0.717, 1.165) is 25.7 Å². The standard InChI is InChI=1S/C25H24ClN7O3/c1-15-12-20-19(13-21(15)33(35)36)16(9-11-28-20)4-3-10-27-17-5-7-18(8-6-17)32-23-22(31(2)25(32)34)14-29-24(26)30-23/h9,11-14,17-18,27H,5-8,10H2,1-2H3. The lowest BCUT2D eigenvalue weighted by Crippen LogP contribution is -2.36. The minimum absolute atomic E-state index is 0.0544. The first-order chi connectivity index (χ1) is 17.3. The molecule has 3 aromatic heterocycles. The highest BCUT2D eigenvalue weighted by Gasteiger charge is 2.26. The fourth-order valence-electron chi connectivity index (χ4n) is 4.91. The van der Waals surface area contributed by atoms with Crippen LogP contribution in [0, 0.1) is 28.9 Å². The molecule has 1 aliphatic carbocycles. The van der Waals surface area contributed by atoms with E-state index in [4.69, 9.17) is 11.6 Å². The first-order valence-corrected chi connectivity index (χ1v) is 12.1. The highest BCUT2D eigenvalue weighted by molar-refractivity contribution is 6.28. The summed E-state index contributed by atoms with van der Waals surface area (Å²) in [7, 11) is 1.72. The molecule has 1 fully saturated rings. The average molecular weight is 506 g/mol. The van der Waals surface area contributed by atoms with E-state index in [1.54, 1.807) is 53.7 Å². The molecular formula is C25H24ClN7O3. The van der Waals surface area contributed by atoms with Gasteiger partial charge in [0.2, 0.25) is 5.28 Å². The largest absolute Gasteiger partial charge is 0.330 e. The third kappa shape index (κ3) is 4.43. The van der Waals surface area contributed by atoms with Gasteiger partial charge in [0.1, 0.15) is 5.52 Å². The van der Waals surface area contributed by atoms with Crippen LogP contribution in [0.15, 0.2) is 35.4 Å². The summed E-state index contributed by atoms with van der Waals surface area (Å²) in [6, 6.07) is 5.38. The Morgan fingerprint density at radius 3 is 2.78 bits per heavy atom. The van der Waals surface area contributed by atoms with Crippen LogP contribution in [0.4, 0.5) is 5.69 Å². The minimum Gasteiger partial charge on any atom is -0.303 e. The average Bonchev–Trinajstić information content (AvgIpc) is 3.10. The van der Waals surface area contributed by atoms with Gasteiger partial charge in [-0.05, 0) is 56.3 Å². The lowest BCUT2D eigenvalue weighted by molar-refractivity contribution is -0.385. The van der Waals surface area contributed by atoms with Crippen LogP contribution in [0.3, 0.4) is 0 Å². The number of nitro groups is 1. The third-order valence-electron chi connectivity index (χ3n) is 6.82. The van der Waals surface area contributed by atoms with Crippen molar-refractivity contribution in [1.29, 1.82) is 0 Å². The molecule has 10 nitrogen and oxygen atoms in total. The van der Waals surface area contributed by atoms with Crippen molar-refractivity contribution in [3.05, 3.63) is 67.6 Å². The lowest BCUT2D eigenvalue weighted by Gasteiger charge is -2.29. The number of aromatic nitrogens is 5. The SMILES string of the molecule is Cc1cc2nccc(C#CCNC3CCC(n4c(=O)n(C)c5cnc(Cl)nc54)CC3)c2cc1[N+](=O)[O-]. The Bertz CT molecular complexity index is 1610. The number of aryl methyl sites for hydroxylation is 2. The van der Waals surface area contributed by atoms with E-state index in [1.807, 2.05) is 0 Å². The van der Waals surface area contributed by atoms with E-state index >= 15 is 0 Å². The second-order valence-corrected chi connectivity index (χ2v) is 9.36. The molecular weight excluding hydrogens is 482 g/mol. The van der Waals surface area contributed by atoms with Crippen molar-refractivity contribution < 1.29 is 4.92 Å². The molecule has 3 heterocycles. The van der Waals surface area contributed by atoms with E-state index in [0.29, 0.717) is 39.7 Å². The summed E-state index contributed by atoms with van der Waals surface area (Å²) in [4.78, 5) is 36.4. The number of hydrogen-bond donors (Lipinski definition) is 1. The van der Waals surface area contributed by atoms with Crippen molar-refractivity contribution in [2.75, 3.05) is 6.54 Å². The van der Waals surface area contributed by atoms with Crippen molar-refractivity contribution in [2.24, 2.45) is 7.05 Å². The zero-order valence-corrected chi connectivity index (χ0v) is 20.6. The number of benzene rings is 1. The molecule has 36 heavy (non-hydrogen) atoms. The van der Waals surface area contributed by atoms with E-state index in [2.05, 4.69) is 32.1 Å². The summed E-state index contributed by atoms with van der Waals surface area (Å²) in [6.07, 6.45) is 6.72. The minimum atomic E-state index is -0.384. The van der Waals surface area contributed by atoms with E-state index < -0.39 is 0 Å². The third-order valence-corrected chi connectivity index (χ3v) is 7.01. The maximum Gasteiger partial charge on any atom is 0.330 e. The van der Waals surface area contributed by atoms with Crippen LogP contribution < -0.4 is 11.0 Å². The predicted octanol–water partition coefficient (Wildman–Crippen LogP) is 3.67. The molecule has 5 rings (SSSR count). The Kier molecular flexibility index (Phi) is 6.43. The Morgan fingerprint density at radius 1 is 1.25 bits per heavy atom. The van der Waals surface area contributed by atoms with Gasteiger partial charge < -0.3 is 5.32 Å². The fourth-order valence-corrected chi connectivity index (χ4v) is 5.04. The van der Waals surface area contributed by atoms with Crippen LogP contribution in [-0.4, -0.2) is 41.6 Å². The highest BCUT2D eigenvalue weighted by Crippen LogP contribution is 2.30. The molecule has 184 valence electrons. The Labute approximate surface area is 211 Å². The topological polar surface area (TPSA) is 121 Å². The summed E-state index contributed by atoms with van der Waals surface area (Å²) in [5, 5.41) is 15.6. The van der Waals surface area contributed by atoms with Crippen LogP contribution >= 0.6 is 11.6 Å². The smallest absolute Gasteiger partial charge is 0.303 e. The maximum atomic E-state index is 12.8. The second kappa shape index (κ2) is 9.68. The molecule has 0 spiro atoms. The first-order valence-electron chi connectivity index (χ1n) is 11.7. The lowest BCUT2D eigenvalue weighted by atomic mass is 9.91. The van der Waals surface area contributed by atoms with Gasteiger partial charge in [0.25, 0.3) is 5.69 Å². The molecule has 0 aliphatic heterocycles. The number of halogens is 1. The summed E-state index contributed by atoms with van der Waals surface area (Å²) in [5.74, 6) is 6.27. The number of pyridine rings is 1. The van der Waals surface area contributed by atoms with Crippen molar-refractivity contribution in [2.45, 2.75) is 44.7 Å². The number of nitro benzene ring substituents is 1. The van der Waals surface area contributed by atoms with Gasteiger partial charge in [-0.15, -0.1) is 0 Å². The molecule has 0 atom stereocenters. The van der Waals surface area contributed by atoms with Crippen molar-refractivity contribution in [1.82, 2.24) is 29.4 Å². The van der Waals surface area contributed by atoms with Crippen molar-refractivity contribution >= 4 is 39.4 Å². The summed E-state index contributed by atoms with van der Waals surface area (Å²) in [5.41, 5.74) is 3.17. The van der Waals surface area contributed by atoms with Crippen LogP contribution in [0.25, 0.3) is 22.1 Å². The van der Waals surface area contributed by atoms with E-state index in [-0.39, 0.29) is 33.7 Å². The van der Waals surface area contributed by atoms with E-state index in [1.165, 1.54) is 0 Å². The quantitative estimate of drug-likeness (QED) is 0.194. The predicted molar refractivity (Wildman–Crippen MR) is 137 cm³/mol. The normalized spacial score (nSPS) is 17.8. The van der Waals surface area contributed by atoms with Crippen LogP contribution in [0.2, 0.25) is 5.28 Å². The number of imidazole rings is 1. The number of rotatable bonds is 4. The zero-order chi connectivity index (χ0) is 25.4.